The molecule has 0 heterocycles. The zero-order chi connectivity index (χ0) is 10.9. The molecule has 1 unspecified atom stereocenters. The van der Waals surface area contributed by atoms with Crippen LogP contribution >= 0.6 is 0 Å². The number of carboxylic acids is 1. The van der Waals surface area contributed by atoms with E-state index in [4.69, 9.17) is 10.2 Å². The first-order valence-corrected chi connectivity index (χ1v) is 4.53. The second-order valence-corrected chi connectivity index (χ2v) is 4.34. The first kappa shape index (κ1) is 11.0. The smallest absolute Gasteiger partial charge is 0.334 e. The van der Waals surface area contributed by atoms with Crippen LogP contribution in [0.5, 0.6) is 0 Å². The molecule has 0 radical (unpaired) electrons. The Balaban J connectivity index is 2.26. The molecule has 3 N–H and O–H groups in total. The van der Waals surface area contributed by atoms with Crippen LogP contribution in [0.2, 0.25) is 0 Å². The molecule has 0 aromatic heterocycles. The van der Waals surface area contributed by atoms with Crippen molar-refractivity contribution in [1.29, 1.82) is 0 Å². The van der Waals surface area contributed by atoms with Gasteiger partial charge in [0.15, 0.2) is 6.10 Å². The molecule has 1 aliphatic rings. The van der Waals surface area contributed by atoms with E-state index in [0.717, 1.165) is 6.42 Å². The molecule has 0 aromatic carbocycles. The monoisotopic (exact) mass is 201 g/mol. The maximum atomic E-state index is 11.3. The van der Waals surface area contributed by atoms with Gasteiger partial charge in [0.1, 0.15) is 0 Å². The first-order chi connectivity index (χ1) is 6.34. The minimum absolute atomic E-state index is 0.0261. The fourth-order valence-electron chi connectivity index (χ4n) is 1.32. The first-order valence-electron chi connectivity index (χ1n) is 4.53. The predicted octanol–water partition coefficient (Wildman–Crippen LogP) is -0.406. The highest BCUT2D eigenvalue weighted by Gasteiger charge is 2.50. The van der Waals surface area contributed by atoms with Crippen molar-refractivity contribution in [3.05, 3.63) is 0 Å². The molecule has 80 valence electrons. The molecule has 2 atom stereocenters. The number of rotatable bonds is 4. The number of aliphatic hydroxyl groups excluding tert-OH is 1. The summed E-state index contributed by atoms with van der Waals surface area (Å²) in [6.45, 7) is 3.73. The van der Waals surface area contributed by atoms with Gasteiger partial charge in [-0.1, -0.05) is 13.8 Å². The third kappa shape index (κ3) is 2.45. The fourth-order valence-corrected chi connectivity index (χ4v) is 1.32. The van der Waals surface area contributed by atoms with E-state index < -0.39 is 12.1 Å². The van der Waals surface area contributed by atoms with E-state index in [-0.39, 0.29) is 23.8 Å². The molecule has 0 spiro atoms. The topological polar surface area (TPSA) is 86.6 Å². The Bertz CT molecular complexity index is 262. The highest BCUT2D eigenvalue weighted by atomic mass is 16.4. The Morgan fingerprint density at radius 3 is 2.43 bits per heavy atom. The Labute approximate surface area is 82.1 Å². The van der Waals surface area contributed by atoms with Gasteiger partial charge in [-0.05, 0) is 11.8 Å². The maximum Gasteiger partial charge on any atom is 0.334 e. The van der Waals surface area contributed by atoms with E-state index in [9.17, 15) is 9.59 Å². The fraction of sp³-hybridized carbons (Fsp3) is 0.778. The number of carbonyl (C=O) groups excluding carboxylic acids is 1. The largest absolute Gasteiger partial charge is 0.479 e. The second kappa shape index (κ2) is 3.57. The number of hydrogen-bond donors (Lipinski definition) is 3. The van der Waals surface area contributed by atoms with E-state index in [1.165, 1.54) is 0 Å². The van der Waals surface area contributed by atoms with Crippen LogP contribution in [0, 0.1) is 11.3 Å². The van der Waals surface area contributed by atoms with Gasteiger partial charge in [-0.15, -0.1) is 0 Å². The molecule has 1 aliphatic carbocycles. The Kier molecular flexibility index (Phi) is 2.80. The minimum Gasteiger partial charge on any atom is -0.479 e. The van der Waals surface area contributed by atoms with Gasteiger partial charge in [-0.25, -0.2) is 4.79 Å². The van der Waals surface area contributed by atoms with Crippen LogP contribution in [0.25, 0.3) is 0 Å². The number of carbonyl (C=O) groups is 2. The Morgan fingerprint density at radius 2 is 2.07 bits per heavy atom. The van der Waals surface area contributed by atoms with Crippen LogP contribution in [0.4, 0.5) is 0 Å². The SMILES string of the molecule is CC1(C)CC1C(=O)NC[C@H](O)C(=O)O. The van der Waals surface area contributed by atoms with E-state index in [1.807, 2.05) is 13.8 Å². The van der Waals surface area contributed by atoms with Crippen molar-refractivity contribution in [2.45, 2.75) is 26.4 Å². The maximum absolute atomic E-state index is 11.3. The lowest BCUT2D eigenvalue weighted by molar-refractivity contribution is -0.146. The number of aliphatic carboxylic acids is 1. The molecular weight excluding hydrogens is 186 g/mol. The Morgan fingerprint density at radius 1 is 1.57 bits per heavy atom. The third-order valence-corrected chi connectivity index (χ3v) is 2.58. The highest BCUT2D eigenvalue weighted by Crippen LogP contribution is 2.51. The molecule has 1 fully saturated rings. The van der Waals surface area contributed by atoms with E-state index in [1.54, 1.807) is 0 Å². The summed E-state index contributed by atoms with van der Waals surface area (Å²) in [5.41, 5.74) is 0.0261. The molecule has 0 aliphatic heterocycles. The van der Waals surface area contributed by atoms with Crippen molar-refractivity contribution < 1.29 is 19.8 Å². The average Bonchev–Trinajstić information content (AvgIpc) is 2.70. The molecule has 1 saturated carbocycles. The number of aliphatic hydroxyl groups is 1. The molecule has 0 saturated heterocycles. The van der Waals surface area contributed by atoms with Gasteiger partial charge in [0, 0.05) is 5.92 Å². The van der Waals surface area contributed by atoms with Gasteiger partial charge in [0.25, 0.3) is 0 Å². The summed E-state index contributed by atoms with van der Waals surface area (Å²) in [6.07, 6.45) is -0.692. The number of carboxylic acid groups (broad SMARTS) is 1. The zero-order valence-electron chi connectivity index (χ0n) is 8.28. The van der Waals surface area contributed by atoms with Crippen LogP contribution in [0.3, 0.4) is 0 Å². The summed E-state index contributed by atoms with van der Waals surface area (Å²) in [5.74, 6) is -1.53. The van der Waals surface area contributed by atoms with Crippen molar-refractivity contribution >= 4 is 11.9 Å². The summed E-state index contributed by atoms with van der Waals surface area (Å²) >= 11 is 0. The lowest BCUT2D eigenvalue weighted by Gasteiger charge is -2.08. The van der Waals surface area contributed by atoms with Crippen LogP contribution < -0.4 is 5.32 Å². The molecule has 14 heavy (non-hydrogen) atoms. The second-order valence-electron chi connectivity index (χ2n) is 4.34. The Hall–Kier alpha value is -1.10. The quantitative estimate of drug-likeness (QED) is 0.577. The third-order valence-electron chi connectivity index (χ3n) is 2.58. The van der Waals surface area contributed by atoms with Crippen molar-refractivity contribution in [1.82, 2.24) is 5.32 Å². The molecule has 5 heteroatoms. The lowest BCUT2D eigenvalue weighted by Crippen LogP contribution is -2.37. The average molecular weight is 201 g/mol. The van der Waals surface area contributed by atoms with Crippen LogP contribution in [-0.2, 0) is 9.59 Å². The van der Waals surface area contributed by atoms with Crippen molar-refractivity contribution in [3.8, 4) is 0 Å². The number of nitrogens with one attached hydrogen (secondary N) is 1. The summed E-state index contributed by atoms with van der Waals surface area (Å²) in [5, 5.41) is 19.7. The van der Waals surface area contributed by atoms with Crippen molar-refractivity contribution in [3.63, 3.8) is 0 Å². The highest BCUT2D eigenvalue weighted by molar-refractivity contribution is 5.83. The molecular formula is C9H15NO4. The van der Waals surface area contributed by atoms with Crippen LogP contribution in [0.15, 0.2) is 0 Å². The molecule has 1 amide bonds. The van der Waals surface area contributed by atoms with Crippen molar-refractivity contribution in [2.24, 2.45) is 11.3 Å². The van der Waals surface area contributed by atoms with E-state index in [2.05, 4.69) is 5.32 Å². The van der Waals surface area contributed by atoms with Gasteiger partial charge in [-0.3, -0.25) is 4.79 Å². The van der Waals surface area contributed by atoms with Gasteiger partial charge in [-0.2, -0.15) is 0 Å². The predicted molar refractivity (Wildman–Crippen MR) is 48.5 cm³/mol. The van der Waals surface area contributed by atoms with Crippen LogP contribution in [0.1, 0.15) is 20.3 Å². The minimum atomic E-state index is -1.51. The standard InChI is InChI=1S/C9H15NO4/c1-9(2)3-5(9)7(12)10-4-6(11)8(13)14/h5-6,11H,3-4H2,1-2H3,(H,10,12)(H,13,14)/t5?,6-/m0/s1. The molecule has 0 aromatic rings. The molecule has 0 bridgehead atoms. The van der Waals surface area contributed by atoms with Gasteiger partial charge in [0.05, 0.1) is 6.54 Å². The molecule has 1 rings (SSSR count). The van der Waals surface area contributed by atoms with Crippen molar-refractivity contribution in [2.75, 3.05) is 6.54 Å². The summed E-state index contributed by atoms with van der Waals surface area (Å²) in [4.78, 5) is 21.6. The molecule has 5 nitrogen and oxygen atoms in total. The number of hydrogen-bond acceptors (Lipinski definition) is 3. The zero-order valence-corrected chi connectivity index (χ0v) is 8.28. The van der Waals surface area contributed by atoms with Crippen LogP contribution in [-0.4, -0.2) is 34.7 Å². The van der Waals surface area contributed by atoms with Gasteiger partial charge in [0.2, 0.25) is 5.91 Å². The van der Waals surface area contributed by atoms with E-state index >= 15 is 0 Å². The van der Waals surface area contributed by atoms with Gasteiger partial charge < -0.3 is 15.5 Å². The van der Waals surface area contributed by atoms with Gasteiger partial charge >= 0.3 is 5.97 Å². The lowest BCUT2D eigenvalue weighted by atomic mass is 10.1. The summed E-state index contributed by atoms with van der Waals surface area (Å²) in [6, 6.07) is 0. The van der Waals surface area contributed by atoms with E-state index in [0.29, 0.717) is 0 Å². The summed E-state index contributed by atoms with van der Waals surface area (Å²) < 4.78 is 0. The summed E-state index contributed by atoms with van der Waals surface area (Å²) in [7, 11) is 0. The number of amides is 1. The normalized spacial score (nSPS) is 25.2.